The fourth-order valence-electron chi connectivity index (χ4n) is 2.03. The van der Waals surface area contributed by atoms with Crippen LogP contribution in [0.2, 0.25) is 0 Å². The van der Waals surface area contributed by atoms with Crippen LogP contribution in [-0.2, 0) is 0 Å². The van der Waals surface area contributed by atoms with Crippen LogP contribution in [0.5, 0.6) is 0 Å². The number of benzene rings is 2. The van der Waals surface area contributed by atoms with E-state index >= 15 is 0 Å². The summed E-state index contributed by atoms with van der Waals surface area (Å²) < 4.78 is 0. The Morgan fingerprint density at radius 2 is 1.59 bits per heavy atom. The molecule has 0 saturated carbocycles. The van der Waals surface area contributed by atoms with Crippen molar-refractivity contribution in [1.82, 2.24) is 16.3 Å². The first-order valence-corrected chi connectivity index (χ1v) is 6.77. The molecular weight excluding hydrogens is 282 g/mol. The zero-order chi connectivity index (χ0) is 15.9. The van der Waals surface area contributed by atoms with E-state index in [2.05, 4.69) is 5.32 Å². The van der Waals surface area contributed by atoms with Crippen molar-refractivity contribution >= 4 is 11.8 Å². The van der Waals surface area contributed by atoms with Crippen LogP contribution in [0.3, 0.4) is 0 Å². The molecule has 0 unspecified atom stereocenters. The van der Waals surface area contributed by atoms with Crippen molar-refractivity contribution in [2.45, 2.75) is 13.0 Å². The Bertz CT molecular complexity index is 659. The van der Waals surface area contributed by atoms with Crippen LogP contribution in [0.1, 0.15) is 39.2 Å². The number of carbonyl (C=O) groups is 2. The van der Waals surface area contributed by atoms with E-state index in [0.717, 1.165) is 5.56 Å². The van der Waals surface area contributed by atoms with Gasteiger partial charge in [0.05, 0.1) is 6.04 Å². The Hall–Kier alpha value is -2.70. The van der Waals surface area contributed by atoms with Crippen LogP contribution in [0.25, 0.3) is 0 Å². The van der Waals surface area contributed by atoms with Crippen LogP contribution in [0.4, 0.5) is 0 Å². The van der Waals surface area contributed by atoms with Gasteiger partial charge in [-0.3, -0.25) is 20.2 Å². The maximum atomic E-state index is 12.3. The van der Waals surface area contributed by atoms with Crippen molar-refractivity contribution < 1.29 is 14.8 Å². The van der Waals surface area contributed by atoms with E-state index in [1.54, 1.807) is 23.8 Å². The third-order valence-corrected chi connectivity index (χ3v) is 3.20. The fraction of sp³-hybridized carbons (Fsp3) is 0.125. The van der Waals surface area contributed by atoms with Crippen LogP contribution in [0, 0.1) is 0 Å². The molecule has 0 saturated heterocycles. The van der Waals surface area contributed by atoms with Crippen molar-refractivity contribution in [3.05, 3.63) is 71.3 Å². The second-order valence-electron chi connectivity index (χ2n) is 4.75. The molecule has 0 fully saturated rings. The second kappa shape index (κ2) is 7.35. The number of rotatable bonds is 5. The summed E-state index contributed by atoms with van der Waals surface area (Å²) in [6.07, 6.45) is 0. The maximum absolute atomic E-state index is 12.3. The molecule has 2 amide bonds. The van der Waals surface area contributed by atoms with Crippen molar-refractivity contribution in [2.75, 3.05) is 0 Å². The second-order valence-corrected chi connectivity index (χ2v) is 4.75. The predicted molar refractivity (Wildman–Crippen MR) is 81.2 cm³/mol. The minimum atomic E-state index is -0.534. The van der Waals surface area contributed by atoms with Crippen LogP contribution in [-0.4, -0.2) is 17.0 Å². The van der Waals surface area contributed by atoms with Crippen molar-refractivity contribution in [3.8, 4) is 0 Å². The number of hydrogen-bond acceptors (Lipinski definition) is 4. The Balaban J connectivity index is 2.10. The quantitative estimate of drug-likeness (QED) is 0.634. The lowest BCUT2D eigenvalue weighted by molar-refractivity contribution is 0.0731. The predicted octanol–water partition coefficient (Wildman–Crippen LogP) is 1.80. The molecule has 1 atom stereocenters. The third-order valence-electron chi connectivity index (χ3n) is 3.20. The molecule has 0 aliphatic rings. The minimum absolute atomic E-state index is 0.148. The van der Waals surface area contributed by atoms with Crippen LogP contribution < -0.4 is 16.3 Å². The highest BCUT2D eigenvalue weighted by molar-refractivity contribution is 5.99. The molecule has 114 valence electrons. The molecule has 0 aliphatic heterocycles. The lowest BCUT2D eigenvalue weighted by Crippen LogP contribution is -2.34. The first kappa shape index (κ1) is 15.7. The SMILES string of the molecule is C[C@@H](NC(=O)c1cccc(C(=O)NNO)c1)c1ccccc1. The van der Waals surface area contributed by atoms with E-state index in [-0.39, 0.29) is 17.5 Å². The fourth-order valence-corrected chi connectivity index (χ4v) is 2.03. The van der Waals surface area contributed by atoms with E-state index in [9.17, 15) is 9.59 Å². The van der Waals surface area contributed by atoms with Gasteiger partial charge in [0, 0.05) is 11.1 Å². The zero-order valence-corrected chi connectivity index (χ0v) is 12.0. The maximum Gasteiger partial charge on any atom is 0.267 e. The van der Waals surface area contributed by atoms with E-state index < -0.39 is 5.91 Å². The van der Waals surface area contributed by atoms with Gasteiger partial charge in [0.25, 0.3) is 11.8 Å². The van der Waals surface area contributed by atoms with Gasteiger partial charge >= 0.3 is 0 Å². The summed E-state index contributed by atoms with van der Waals surface area (Å²) in [4.78, 5) is 23.9. The van der Waals surface area contributed by atoms with Gasteiger partial charge in [-0.05, 0) is 30.7 Å². The average Bonchev–Trinajstić information content (AvgIpc) is 2.56. The number of hydrazine groups is 1. The number of nitrogens with one attached hydrogen (secondary N) is 3. The highest BCUT2D eigenvalue weighted by Gasteiger charge is 2.13. The third kappa shape index (κ3) is 3.91. The molecule has 0 spiro atoms. The summed E-state index contributed by atoms with van der Waals surface area (Å²) in [7, 11) is 0. The molecule has 6 heteroatoms. The summed E-state index contributed by atoms with van der Waals surface area (Å²) in [5.41, 5.74) is 5.23. The molecule has 4 N–H and O–H groups in total. The summed E-state index contributed by atoms with van der Waals surface area (Å²) in [5, 5.41) is 11.3. The Morgan fingerprint density at radius 1 is 0.955 bits per heavy atom. The number of amides is 2. The molecular formula is C16H17N3O3. The molecule has 0 aromatic heterocycles. The molecule has 0 radical (unpaired) electrons. The molecule has 22 heavy (non-hydrogen) atoms. The monoisotopic (exact) mass is 299 g/mol. The topological polar surface area (TPSA) is 90.5 Å². The van der Waals surface area contributed by atoms with Gasteiger partial charge in [-0.25, -0.2) is 0 Å². The zero-order valence-electron chi connectivity index (χ0n) is 12.0. The van der Waals surface area contributed by atoms with E-state index in [0.29, 0.717) is 5.56 Å². The van der Waals surface area contributed by atoms with Gasteiger partial charge < -0.3 is 5.32 Å². The lowest BCUT2D eigenvalue weighted by atomic mass is 10.1. The Labute approximate surface area is 128 Å². The molecule has 0 bridgehead atoms. The molecule has 0 heterocycles. The van der Waals surface area contributed by atoms with E-state index in [4.69, 9.17) is 5.21 Å². The summed E-state index contributed by atoms with van der Waals surface area (Å²) in [5.74, 6) is -0.809. The average molecular weight is 299 g/mol. The van der Waals surface area contributed by atoms with Gasteiger partial charge in [-0.2, -0.15) is 0 Å². The van der Waals surface area contributed by atoms with Crippen molar-refractivity contribution in [2.24, 2.45) is 0 Å². The summed E-state index contributed by atoms with van der Waals surface area (Å²) in [6, 6.07) is 15.7. The highest BCUT2D eigenvalue weighted by Crippen LogP contribution is 2.13. The van der Waals surface area contributed by atoms with Crippen LogP contribution >= 0.6 is 0 Å². The summed E-state index contributed by atoms with van der Waals surface area (Å²) >= 11 is 0. The largest absolute Gasteiger partial charge is 0.346 e. The summed E-state index contributed by atoms with van der Waals surface area (Å²) in [6.45, 7) is 1.89. The van der Waals surface area contributed by atoms with E-state index in [1.165, 1.54) is 6.07 Å². The standard InChI is InChI=1S/C16H17N3O3/c1-11(12-6-3-2-4-7-12)17-15(20)13-8-5-9-14(10-13)16(21)18-19-22/h2-11,19,22H,1H3,(H,17,20)(H,18,21)/t11-/m1/s1. The first-order valence-electron chi connectivity index (χ1n) is 6.77. The molecule has 6 nitrogen and oxygen atoms in total. The number of carbonyl (C=O) groups excluding carboxylic acids is 2. The lowest BCUT2D eigenvalue weighted by Gasteiger charge is -2.14. The van der Waals surface area contributed by atoms with Crippen molar-refractivity contribution in [1.29, 1.82) is 0 Å². The molecule has 2 aromatic rings. The molecule has 2 aromatic carbocycles. The van der Waals surface area contributed by atoms with Gasteiger partial charge in [0.1, 0.15) is 0 Å². The van der Waals surface area contributed by atoms with Crippen LogP contribution in [0.15, 0.2) is 54.6 Å². The normalized spacial score (nSPS) is 11.5. The van der Waals surface area contributed by atoms with E-state index in [1.807, 2.05) is 42.7 Å². The van der Waals surface area contributed by atoms with Gasteiger partial charge in [-0.1, -0.05) is 36.4 Å². The minimum Gasteiger partial charge on any atom is -0.346 e. The van der Waals surface area contributed by atoms with Gasteiger partial charge in [0.15, 0.2) is 0 Å². The van der Waals surface area contributed by atoms with Gasteiger partial charge in [0.2, 0.25) is 0 Å². The number of hydrogen-bond donors (Lipinski definition) is 4. The molecule has 2 rings (SSSR count). The van der Waals surface area contributed by atoms with Crippen molar-refractivity contribution in [3.63, 3.8) is 0 Å². The van der Waals surface area contributed by atoms with Gasteiger partial charge in [-0.15, -0.1) is 5.59 Å². The first-order chi connectivity index (χ1) is 10.6. The highest BCUT2D eigenvalue weighted by atomic mass is 16.5. The smallest absolute Gasteiger partial charge is 0.267 e. The Kier molecular flexibility index (Phi) is 5.24. The Morgan fingerprint density at radius 3 is 2.23 bits per heavy atom. The molecule has 0 aliphatic carbocycles.